The van der Waals surface area contributed by atoms with Gasteiger partial charge in [0.25, 0.3) is 0 Å². The van der Waals surface area contributed by atoms with E-state index in [1.54, 1.807) is 0 Å². The van der Waals surface area contributed by atoms with Crippen LogP contribution in [0.5, 0.6) is 0 Å². The molecule has 0 aromatic carbocycles. The van der Waals surface area contributed by atoms with Gasteiger partial charge in [-0.2, -0.15) is 0 Å². The van der Waals surface area contributed by atoms with Crippen LogP contribution in [0.4, 0.5) is 0 Å². The van der Waals surface area contributed by atoms with Gasteiger partial charge in [-0.1, -0.05) is 22.6 Å². The highest BCUT2D eigenvalue weighted by atomic mass is 127. The average Bonchev–Trinajstić information content (AvgIpc) is 2.35. The molecule has 2 fully saturated rings. The highest BCUT2D eigenvalue weighted by molar-refractivity contribution is 14.1. The lowest BCUT2D eigenvalue weighted by molar-refractivity contribution is 0.0568. The molecule has 0 radical (unpaired) electrons. The van der Waals surface area contributed by atoms with E-state index in [9.17, 15) is 0 Å². The van der Waals surface area contributed by atoms with Gasteiger partial charge < -0.3 is 4.74 Å². The Morgan fingerprint density at radius 2 is 2.20 bits per heavy atom. The van der Waals surface area contributed by atoms with Gasteiger partial charge in [0, 0.05) is 3.92 Å². The van der Waals surface area contributed by atoms with Crippen LogP contribution in [0, 0.1) is 5.92 Å². The molecule has 3 unspecified atom stereocenters. The van der Waals surface area contributed by atoms with Crippen molar-refractivity contribution in [2.75, 3.05) is 0 Å². The van der Waals surface area contributed by atoms with Gasteiger partial charge >= 0.3 is 0 Å². The van der Waals surface area contributed by atoms with Crippen molar-refractivity contribution >= 4 is 22.6 Å². The summed E-state index contributed by atoms with van der Waals surface area (Å²) < 4.78 is 6.59. The highest BCUT2D eigenvalue weighted by Gasteiger charge is 2.41. The molecule has 1 aliphatic carbocycles. The lowest BCUT2D eigenvalue weighted by atomic mass is 10.0. The second kappa shape index (κ2) is 2.63. The number of alkyl halides is 1. The maximum atomic E-state index is 5.79. The van der Waals surface area contributed by atoms with Crippen molar-refractivity contribution in [3.05, 3.63) is 0 Å². The number of hydrogen-bond donors (Lipinski definition) is 0. The van der Waals surface area contributed by atoms with Crippen molar-refractivity contribution in [2.24, 2.45) is 5.92 Å². The van der Waals surface area contributed by atoms with Crippen LogP contribution in [0.3, 0.4) is 0 Å². The summed E-state index contributed by atoms with van der Waals surface area (Å²) in [5.74, 6) is 0.900. The minimum atomic E-state index is 0.535. The summed E-state index contributed by atoms with van der Waals surface area (Å²) >= 11 is 2.53. The summed E-state index contributed by atoms with van der Waals surface area (Å²) in [6.45, 7) is 2.20. The summed E-state index contributed by atoms with van der Waals surface area (Å²) in [4.78, 5) is 0. The van der Waals surface area contributed by atoms with Crippen LogP contribution in [-0.4, -0.2) is 16.1 Å². The van der Waals surface area contributed by atoms with Gasteiger partial charge in [-0.15, -0.1) is 0 Å². The third-order valence-corrected chi connectivity index (χ3v) is 3.99. The Bertz CT molecular complexity index is 137. The van der Waals surface area contributed by atoms with Crippen molar-refractivity contribution in [1.82, 2.24) is 0 Å². The molecule has 0 aromatic rings. The van der Waals surface area contributed by atoms with Crippen LogP contribution in [0.1, 0.15) is 26.2 Å². The molecule has 2 heteroatoms. The molecule has 0 bridgehead atoms. The molecule has 1 saturated carbocycles. The summed E-state index contributed by atoms with van der Waals surface area (Å²) in [6.07, 6.45) is 5.23. The first kappa shape index (κ1) is 7.35. The molecule has 10 heavy (non-hydrogen) atoms. The lowest BCUT2D eigenvalue weighted by Crippen LogP contribution is -2.18. The van der Waals surface area contributed by atoms with Crippen molar-refractivity contribution in [3.8, 4) is 0 Å². The Labute approximate surface area is 75.7 Å². The standard InChI is InChI=1S/C8H13IO/c1-5-4-6-2-3-7(9)8(6)10-5/h5-8H,2-4H2,1H3/t5?,6-,7?,8?/m1/s1. The maximum Gasteiger partial charge on any atom is 0.0725 e. The molecule has 58 valence electrons. The first-order valence-electron chi connectivity index (χ1n) is 4.07. The smallest absolute Gasteiger partial charge is 0.0725 e. The fraction of sp³-hybridized carbons (Fsp3) is 1.00. The Morgan fingerprint density at radius 1 is 1.40 bits per heavy atom. The Balaban J connectivity index is 2.05. The van der Waals surface area contributed by atoms with Gasteiger partial charge in [-0.05, 0) is 32.1 Å². The summed E-state index contributed by atoms with van der Waals surface area (Å²) in [6, 6.07) is 0. The topological polar surface area (TPSA) is 9.23 Å². The molecule has 0 N–H and O–H groups in total. The second-order valence-corrected chi connectivity index (χ2v) is 5.10. The largest absolute Gasteiger partial charge is 0.374 e. The van der Waals surface area contributed by atoms with Gasteiger partial charge in [-0.25, -0.2) is 0 Å². The monoisotopic (exact) mass is 252 g/mol. The molecule has 4 atom stereocenters. The van der Waals surface area contributed by atoms with Gasteiger partial charge in [0.2, 0.25) is 0 Å². The lowest BCUT2D eigenvalue weighted by Gasteiger charge is -2.12. The molecule has 1 nitrogen and oxygen atoms in total. The zero-order valence-corrected chi connectivity index (χ0v) is 8.37. The molecule has 2 rings (SSSR count). The molecule has 1 heterocycles. The van der Waals surface area contributed by atoms with E-state index in [2.05, 4.69) is 29.5 Å². The highest BCUT2D eigenvalue weighted by Crippen LogP contribution is 2.42. The van der Waals surface area contributed by atoms with E-state index < -0.39 is 0 Å². The fourth-order valence-corrected chi connectivity index (χ4v) is 3.31. The van der Waals surface area contributed by atoms with Crippen LogP contribution in [0.2, 0.25) is 0 Å². The minimum absolute atomic E-state index is 0.535. The minimum Gasteiger partial charge on any atom is -0.374 e. The molecule has 2 aliphatic rings. The quantitative estimate of drug-likeness (QED) is 0.475. The van der Waals surface area contributed by atoms with Crippen LogP contribution in [0.25, 0.3) is 0 Å². The maximum absolute atomic E-state index is 5.79. The van der Waals surface area contributed by atoms with E-state index in [1.807, 2.05) is 0 Å². The molecule has 0 aromatic heterocycles. The van der Waals surface area contributed by atoms with E-state index in [-0.39, 0.29) is 0 Å². The van der Waals surface area contributed by atoms with Crippen LogP contribution in [-0.2, 0) is 4.74 Å². The molecule has 1 saturated heterocycles. The van der Waals surface area contributed by atoms with Crippen molar-refractivity contribution in [3.63, 3.8) is 0 Å². The molecule has 0 amide bonds. The van der Waals surface area contributed by atoms with Crippen molar-refractivity contribution in [2.45, 2.75) is 42.3 Å². The Hall–Kier alpha value is 0.690. The van der Waals surface area contributed by atoms with E-state index in [4.69, 9.17) is 4.74 Å². The van der Waals surface area contributed by atoms with E-state index >= 15 is 0 Å². The van der Waals surface area contributed by atoms with Gasteiger partial charge in [-0.3, -0.25) is 0 Å². The van der Waals surface area contributed by atoms with Crippen LogP contribution in [0.15, 0.2) is 0 Å². The van der Waals surface area contributed by atoms with Gasteiger partial charge in [0.05, 0.1) is 12.2 Å². The predicted octanol–water partition coefficient (Wildman–Crippen LogP) is 2.38. The van der Waals surface area contributed by atoms with Gasteiger partial charge in [0.1, 0.15) is 0 Å². The molecular weight excluding hydrogens is 239 g/mol. The van der Waals surface area contributed by atoms with Crippen LogP contribution >= 0.6 is 22.6 Å². The summed E-state index contributed by atoms with van der Waals surface area (Å²) in [7, 11) is 0. The fourth-order valence-electron chi connectivity index (χ4n) is 2.20. The third kappa shape index (κ3) is 1.09. The third-order valence-electron chi connectivity index (χ3n) is 2.66. The number of rotatable bonds is 0. The van der Waals surface area contributed by atoms with E-state index in [0.717, 1.165) is 9.84 Å². The van der Waals surface area contributed by atoms with E-state index in [1.165, 1.54) is 19.3 Å². The Morgan fingerprint density at radius 3 is 2.90 bits per heavy atom. The van der Waals surface area contributed by atoms with Crippen LogP contribution < -0.4 is 0 Å². The average molecular weight is 252 g/mol. The zero-order valence-electron chi connectivity index (χ0n) is 6.22. The number of hydrogen-bond acceptors (Lipinski definition) is 1. The zero-order chi connectivity index (χ0) is 7.14. The number of halogens is 1. The number of fused-ring (bicyclic) bond motifs is 1. The Kier molecular flexibility index (Phi) is 1.93. The first-order valence-corrected chi connectivity index (χ1v) is 5.31. The first-order chi connectivity index (χ1) is 4.77. The summed E-state index contributed by atoms with van der Waals surface area (Å²) in [5, 5.41) is 0. The SMILES string of the molecule is CC1C[C@H]2CCC(I)C2O1. The molecular formula is C8H13IO. The number of ether oxygens (including phenoxy) is 1. The van der Waals surface area contributed by atoms with Crippen molar-refractivity contribution < 1.29 is 4.74 Å². The molecule has 1 aliphatic heterocycles. The van der Waals surface area contributed by atoms with Gasteiger partial charge in [0.15, 0.2) is 0 Å². The van der Waals surface area contributed by atoms with Crippen molar-refractivity contribution in [1.29, 1.82) is 0 Å². The van der Waals surface area contributed by atoms with E-state index in [0.29, 0.717) is 12.2 Å². The normalized spacial score (nSPS) is 53.4. The summed E-state index contributed by atoms with van der Waals surface area (Å²) in [5.41, 5.74) is 0. The second-order valence-electron chi connectivity index (χ2n) is 3.50. The molecule has 0 spiro atoms. The predicted molar refractivity (Wildman–Crippen MR) is 49.5 cm³/mol.